The van der Waals surface area contributed by atoms with E-state index in [2.05, 4.69) is 15.9 Å². The van der Waals surface area contributed by atoms with Crippen molar-refractivity contribution in [2.45, 2.75) is 6.10 Å². The number of rotatable bonds is 3. The van der Waals surface area contributed by atoms with Crippen LogP contribution < -0.4 is 9.47 Å². The molecule has 0 spiro atoms. The largest absolute Gasteiger partial charge is 0.485 e. The Kier molecular flexibility index (Phi) is 3.89. The van der Waals surface area contributed by atoms with E-state index in [1.807, 2.05) is 18.2 Å². The summed E-state index contributed by atoms with van der Waals surface area (Å²) in [5, 5.41) is 0.749. The lowest BCUT2D eigenvalue weighted by atomic mass is 10.2. The number of nitrogens with zero attached hydrogens (tertiary/aromatic N) is 1. The first-order valence-electron chi connectivity index (χ1n) is 5.42. The molecule has 92 valence electrons. The molecule has 0 N–H and O–H groups in total. The van der Waals surface area contributed by atoms with Crippen molar-refractivity contribution in [1.82, 2.24) is 4.90 Å². The number of alkyl halides is 1. The van der Waals surface area contributed by atoms with Crippen molar-refractivity contribution in [2.75, 3.05) is 25.5 Å². The van der Waals surface area contributed by atoms with Gasteiger partial charge in [-0.3, -0.25) is 4.79 Å². The molecule has 0 radical (unpaired) electrons. The molecule has 17 heavy (non-hydrogen) atoms. The Morgan fingerprint density at radius 1 is 1.47 bits per heavy atom. The Bertz CT molecular complexity index is 410. The van der Waals surface area contributed by atoms with Crippen molar-refractivity contribution in [3.8, 4) is 11.5 Å². The van der Waals surface area contributed by atoms with Gasteiger partial charge in [0.15, 0.2) is 11.5 Å². The Hall–Kier alpha value is -1.23. The van der Waals surface area contributed by atoms with Crippen LogP contribution in [0.15, 0.2) is 24.3 Å². The molecule has 1 unspecified atom stereocenters. The molecule has 1 amide bonds. The van der Waals surface area contributed by atoms with Crippen LogP contribution in [0.3, 0.4) is 0 Å². The van der Waals surface area contributed by atoms with Gasteiger partial charge in [-0.1, -0.05) is 28.1 Å². The van der Waals surface area contributed by atoms with Crippen molar-refractivity contribution >= 4 is 21.8 Å². The van der Waals surface area contributed by atoms with Crippen LogP contribution in [0.25, 0.3) is 0 Å². The summed E-state index contributed by atoms with van der Waals surface area (Å²) in [7, 11) is 1.76. The molecule has 0 bridgehead atoms. The van der Waals surface area contributed by atoms with Crippen molar-refractivity contribution < 1.29 is 14.3 Å². The van der Waals surface area contributed by atoms with Crippen LogP contribution >= 0.6 is 15.9 Å². The van der Waals surface area contributed by atoms with Crippen LogP contribution in [0.2, 0.25) is 0 Å². The van der Waals surface area contributed by atoms with Crippen LogP contribution in [0.4, 0.5) is 0 Å². The van der Waals surface area contributed by atoms with Crippen LogP contribution in [-0.4, -0.2) is 42.4 Å². The lowest BCUT2D eigenvalue weighted by molar-refractivity contribution is -0.139. The summed E-state index contributed by atoms with van der Waals surface area (Å²) in [6, 6.07) is 7.37. The number of halogens is 1. The molecular weight excluding hydrogens is 286 g/mol. The highest BCUT2D eigenvalue weighted by atomic mass is 79.9. The summed E-state index contributed by atoms with van der Waals surface area (Å²) in [5.41, 5.74) is 0. The first kappa shape index (κ1) is 12.2. The van der Waals surface area contributed by atoms with Crippen LogP contribution in [0.5, 0.6) is 11.5 Å². The molecule has 1 aromatic carbocycles. The Morgan fingerprint density at radius 2 is 2.18 bits per heavy atom. The van der Waals surface area contributed by atoms with Crippen LogP contribution in [-0.2, 0) is 4.79 Å². The number of carbonyl (C=O) groups is 1. The third-order valence-corrected chi connectivity index (χ3v) is 2.93. The summed E-state index contributed by atoms with van der Waals surface area (Å²) in [6.07, 6.45) is -0.547. The van der Waals surface area contributed by atoms with Gasteiger partial charge in [0.1, 0.15) is 6.61 Å². The maximum Gasteiger partial charge on any atom is 0.267 e. The minimum atomic E-state index is -0.547. The number of fused-ring (bicyclic) bond motifs is 1. The Morgan fingerprint density at radius 3 is 2.88 bits per heavy atom. The molecule has 0 saturated carbocycles. The predicted octanol–water partition coefficient (Wildman–Crippen LogP) is 1.68. The summed E-state index contributed by atoms with van der Waals surface area (Å²) in [5.74, 6) is 1.27. The van der Waals surface area contributed by atoms with E-state index in [4.69, 9.17) is 9.47 Å². The summed E-state index contributed by atoms with van der Waals surface area (Å²) >= 11 is 3.30. The maximum absolute atomic E-state index is 12.0. The monoisotopic (exact) mass is 299 g/mol. The molecule has 1 aliphatic heterocycles. The zero-order chi connectivity index (χ0) is 12.3. The molecule has 1 heterocycles. The van der Waals surface area contributed by atoms with Crippen molar-refractivity contribution in [3.63, 3.8) is 0 Å². The molecule has 1 atom stereocenters. The van der Waals surface area contributed by atoms with Gasteiger partial charge in [0, 0.05) is 18.9 Å². The minimum absolute atomic E-state index is 0.0565. The summed E-state index contributed by atoms with van der Waals surface area (Å²) < 4.78 is 11.1. The maximum atomic E-state index is 12.0. The summed E-state index contributed by atoms with van der Waals surface area (Å²) in [4.78, 5) is 13.6. The van der Waals surface area contributed by atoms with E-state index < -0.39 is 6.10 Å². The minimum Gasteiger partial charge on any atom is -0.485 e. The van der Waals surface area contributed by atoms with Crippen molar-refractivity contribution in [1.29, 1.82) is 0 Å². The van der Waals surface area contributed by atoms with Gasteiger partial charge < -0.3 is 14.4 Å². The number of hydrogen-bond acceptors (Lipinski definition) is 3. The molecule has 0 aliphatic carbocycles. The normalized spacial score (nSPS) is 17.6. The third-order valence-electron chi connectivity index (χ3n) is 2.58. The number of benzene rings is 1. The van der Waals surface area contributed by atoms with E-state index in [-0.39, 0.29) is 12.5 Å². The number of hydrogen-bond donors (Lipinski definition) is 0. The van der Waals surface area contributed by atoms with Gasteiger partial charge >= 0.3 is 0 Å². The van der Waals surface area contributed by atoms with Crippen molar-refractivity contribution in [3.05, 3.63) is 24.3 Å². The number of carbonyl (C=O) groups excluding carboxylic acids is 1. The molecule has 1 aliphatic rings. The third kappa shape index (κ3) is 2.72. The smallest absolute Gasteiger partial charge is 0.267 e. The van der Waals surface area contributed by atoms with Crippen molar-refractivity contribution in [2.24, 2.45) is 0 Å². The highest BCUT2D eigenvalue weighted by Gasteiger charge is 2.29. The first-order valence-corrected chi connectivity index (χ1v) is 6.54. The van der Waals surface area contributed by atoms with Gasteiger partial charge in [-0.25, -0.2) is 0 Å². The van der Waals surface area contributed by atoms with Gasteiger partial charge in [-0.05, 0) is 12.1 Å². The quantitative estimate of drug-likeness (QED) is 0.797. The number of amides is 1. The molecular formula is C12H14BrNO3. The highest BCUT2D eigenvalue weighted by molar-refractivity contribution is 9.09. The van der Waals surface area contributed by atoms with Gasteiger partial charge in [-0.15, -0.1) is 0 Å². The zero-order valence-corrected chi connectivity index (χ0v) is 11.1. The second-order valence-electron chi connectivity index (χ2n) is 3.81. The molecule has 0 saturated heterocycles. The zero-order valence-electron chi connectivity index (χ0n) is 9.56. The number of para-hydroxylation sites is 2. The van der Waals surface area contributed by atoms with Gasteiger partial charge in [0.25, 0.3) is 5.91 Å². The fraction of sp³-hybridized carbons (Fsp3) is 0.417. The molecule has 1 aromatic rings. The van der Waals surface area contributed by atoms with E-state index >= 15 is 0 Å². The van der Waals surface area contributed by atoms with Crippen LogP contribution in [0.1, 0.15) is 0 Å². The average Bonchev–Trinajstić information content (AvgIpc) is 2.37. The molecule has 2 rings (SSSR count). The van der Waals surface area contributed by atoms with E-state index in [1.165, 1.54) is 0 Å². The summed E-state index contributed by atoms with van der Waals surface area (Å²) in [6.45, 7) is 0.919. The molecule has 5 heteroatoms. The van der Waals surface area contributed by atoms with Gasteiger partial charge in [0.2, 0.25) is 6.10 Å². The predicted molar refractivity (Wildman–Crippen MR) is 67.8 cm³/mol. The fourth-order valence-corrected chi connectivity index (χ4v) is 2.16. The topological polar surface area (TPSA) is 38.8 Å². The lowest BCUT2D eigenvalue weighted by Gasteiger charge is -2.28. The second kappa shape index (κ2) is 5.40. The van der Waals surface area contributed by atoms with Crippen LogP contribution in [0, 0.1) is 0 Å². The number of ether oxygens (including phenoxy) is 2. The van der Waals surface area contributed by atoms with E-state index in [9.17, 15) is 4.79 Å². The lowest BCUT2D eigenvalue weighted by Crippen LogP contribution is -2.45. The average molecular weight is 300 g/mol. The van der Waals surface area contributed by atoms with Gasteiger partial charge in [-0.2, -0.15) is 0 Å². The van der Waals surface area contributed by atoms with E-state index in [1.54, 1.807) is 18.0 Å². The van der Waals surface area contributed by atoms with E-state index in [0.29, 0.717) is 18.0 Å². The second-order valence-corrected chi connectivity index (χ2v) is 4.61. The molecule has 0 aromatic heterocycles. The fourth-order valence-electron chi connectivity index (χ4n) is 1.62. The first-order chi connectivity index (χ1) is 8.22. The number of likely N-dealkylation sites (N-methyl/N-ethyl adjacent to an activating group) is 1. The molecule has 4 nitrogen and oxygen atoms in total. The Labute approximate surface area is 109 Å². The Balaban J connectivity index is 2.05. The standard InChI is InChI=1S/C12H14BrNO3/c1-14(7-6-13)12(15)11-8-16-9-4-2-3-5-10(9)17-11/h2-5,11H,6-8H2,1H3. The SMILES string of the molecule is CN(CCBr)C(=O)C1COc2ccccc2O1. The van der Waals surface area contributed by atoms with Gasteiger partial charge in [0.05, 0.1) is 0 Å². The highest BCUT2D eigenvalue weighted by Crippen LogP contribution is 2.31. The van der Waals surface area contributed by atoms with E-state index in [0.717, 1.165) is 5.33 Å². The molecule has 0 fully saturated rings.